The molecule has 1 heterocycles. The van der Waals surface area contributed by atoms with Crippen molar-refractivity contribution >= 4 is 15.7 Å². The third kappa shape index (κ3) is 4.49. The predicted molar refractivity (Wildman–Crippen MR) is 62.9 cm³/mol. The van der Waals surface area contributed by atoms with Gasteiger partial charge in [0, 0.05) is 24.4 Å². The second-order valence-corrected chi connectivity index (χ2v) is 6.82. The lowest BCUT2D eigenvalue weighted by atomic mass is 9.95. The molecule has 6 heteroatoms. The minimum Gasteiger partial charge on any atom is -0.351 e. The number of rotatable bonds is 3. The van der Waals surface area contributed by atoms with Crippen molar-refractivity contribution in [2.45, 2.75) is 44.8 Å². The SMILES string of the molecule is CC1CCC(NC(=O)CS(C)(=O)=O)C(C)N1. The van der Waals surface area contributed by atoms with E-state index in [4.69, 9.17) is 0 Å². The maximum absolute atomic E-state index is 11.4. The molecule has 16 heavy (non-hydrogen) atoms. The predicted octanol–water partition coefficient (Wildman–Crippen LogP) is -0.324. The van der Waals surface area contributed by atoms with Crippen LogP contribution in [0.3, 0.4) is 0 Å². The highest BCUT2D eigenvalue weighted by Crippen LogP contribution is 2.12. The van der Waals surface area contributed by atoms with Crippen molar-refractivity contribution in [3.05, 3.63) is 0 Å². The van der Waals surface area contributed by atoms with Crippen LogP contribution in [0.5, 0.6) is 0 Å². The van der Waals surface area contributed by atoms with E-state index in [2.05, 4.69) is 17.6 Å². The van der Waals surface area contributed by atoms with E-state index < -0.39 is 21.5 Å². The molecule has 0 aliphatic carbocycles. The van der Waals surface area contributed by atoms with Crippen LogP contribution in [0.4, 0.5) is 0 Å². The lowest BCUT2D eigenvalue weighted by molar-refractivity contribution is -0.119. The lowest BCUT2D eigenvalue weighted by Crippen LogP contribution is -2.55. The number of piperidine rings is 1. The van der Waals surface area contributed by atoms with Gasteiger partial charge in [0.25, 0.3) is 0 Å². The summed E-state index contributed by atoms with van der Waals surface area (Å²) in [4.78, 5) is 11.4. The van der Waals surface area contributed by atoms with E-state index in [1.165, 1.54) is 0 Å². The molecule has 1 fully saturated rings. The van der Waals surface area contributed by atoms with Crippen molar-refractivity contribution in [1.82, 2.24) is 10.6 Å². The average Bonchev–Trinajstić information content (AvgIpc) is 2.06. The summed E-state index contributed by atoms with van der Waals surface area (Å²) in [7, 11) is -3.23. The molecule has 1 amide bonds. The highest BCUT2D eigenvalue weighted by molar-refractivity contribution is 7.91. The molecule has 0 aromatic heterocycles. The van der Waals surface area contributed by atoms with E-state index in [1.807, 2.05) is 6.92 Å². The maximum Gasteiger partial charge on any atom is 0.235 e. The first-order valence-corrected chi connectivity index (χ1v) is 7.57. The van der Waals surface area contributed by atoms with Gasteiger partial charge in [-0.2, -0.15) is 0 Å². The number of hydrogen-bond acceptors (Lipinski definition) is 4. The van der Waals surface area contributed by atoms with E-state index in [-0.39, 0.29) is 12.1 Å². The molecule has 3 atom stereocenters. The summed E-state index contributed by atoms with van der Waals surface area (Å²) in [5.74, 6) is -0.832. The molecule has 0 spiro atoms. The molecule has 1 saturated heterocycles. The third-order valence-electron chi connectivity index (χ3n) is 2.80. The van der Waals surface area contributed by atoms with Crippen LogP contribution in [-0.4, -0.2) is 44.5 Å². The lowest BCUT2D eigenvalue weighted by Gasteiger charge is -2.34. The van der Waals surface area contributed by atoms with Crippen molar-refractivity contribution in [2.24, 2.45) is 0 Å². The van der Waals surface area contributed by atoms with Gasteiger partial charge in [-0.15, -0.1) is 0 Å². The molecular weight excluding hydrogens is 228 g/mol. The van der Waals surface area contributed by atoms with Gasteiger partial charge in [-0.1, -0.05) is 0 Å². The van der Waals surface area contributed by atoms with E-state index in [9.17, 15) is 13.2 Å². The largest absolute Gasteiger partial charge is 0.351 e. The fraction of sp³-hybridized carbons (Fsp3) is 0.900. The molecule has 2 N–H and O–H groups in total. The van der Waals surface area contributed by atoms with Gasteiger partial charge in [-0.05, 0) is 26.7 Å². The first-order chi connectivity index (χ1) is 7.28. The zero-order chi connectivity index (χ0) is 12.3. The van der Waals surface area contributed by atoms with Crippen LogP contribution in [-0.2, 0) is 14.6 Å². The number of nitrogens with one attached hydrogen (secondary N) is 2. The van der Waals surface area contributed by atoms with Crippen LogP contribution >= 0.6 is 0 Å². The van der Waals surface area contributed by atoms with Crippen molar-refractivity contribution in [3.63, 3.8) is 0 Å². The molecule has 0 aromatic rings. The zero-order valence-electron chi connectivity index (χ0n) is 9.99. The fourth-order valence-corrected chi connectivity index (χ4v) is 2.57. The van der Waals surface area contributed by atoms with Crippen molar-refractivity contribution in [2.75, 3.05) is 12.0 Å². The summed E-state index contributed by atoms with van der Waals surface area (Å²) in [5, 5.41) is 6.10. The molecule has 1 aliphatic rings. The maximum atomic E-state index is 11.4. The molecule has 94 valence electrons. The minimum absolute atomic E-state index is 0.0328. The van der Waals surface area contributed by atoms with Gasteiger partial charge in [-0.25, -0.2) is 8.42 Å². The van der Waals surface area contributed by atoms with E-state index in [0.29, 0.717) is 6.04 Å². The van der Waals surface area contributed by atoms with E-state index >= 15 is 0 Å². The van der Waals surface area contributed by atoms with Crippen LogP contribution in [0.1, 0.15) is 26.7 Å². The summed E-state index contributed by atoms with van der Waals surface area (Å²) in [5.41, 5.74) is 0. The van der Waals surface area contributed by atoms with Gasteiger partial charge in [0.05, 0.1) is 0 Å². The third-order valence-corrected chi connectivity index (χ3v) is 3.59. The van der Waals surface area contributed by atoms with Crippen LogP contribution in [0.25, 0.3) is 0 Å². The Balaban J connectivity index is 2.45. The van der Waals surface area contributed by atoms with Gasteiger partial charge in [0.1, 0.15) is 5.75 Å². The summed E-state index contributed by atoms with van der Waals surface area (Å²) >= 11 is 0. The number of sulfone groups is 1. The topological polar surface area (TPSA) is 75.3 Å². The van der Waals surface area contributed by atoms with Gasteiger partial charge in [0.2, 0.25) is 5.91 Å². The van der Waals surface area contributed by atoms with E-state index in [1.54, 1.807) is 0 Å². The number of hydrogen-bond donors (Lipinski definition) is 2. The monoisotopic (exact) mass is 248 g/mol. The number of carbonyl (C=O) groups excluding carboxylic acids is 1. The molecule has 0 bridgehead atoms. The Hall–Kier alpha value is -0.620. The standard InChI is InChI=1S/C10H20N2O3S/c1-7-4-5-9(8(2)11-7)12-10(13)6-16(3,14)15/h7-9,11H,4-6H2,1-3H3,(H,12,13). The fourth-order valence-electron chi connectivity index (χ4n) is 2.01. The van der Waals surface area contributed by atoms with Crippen molar-refractivity contribution < 1.29 is 13.2 Å². The van der Waals surface area contributed by atoms with Crippen LogP contribution in [0.2, 0.25) is 0 Å². The molecule has 0 aromatic carbocycles. The van der Waals surface area contributed by atoms with Gasteiger partial charge < -0.3 is 10.6 Å². The second-order valence-electron chi connectivity index (χ2n) is 4.68. The number of amides is 1. The Morgan fingerprint density at radius 2 is 2.00 bits per heavy atom. The summed E-state index contributed by atoms with van der Waals surface area (Å²) < 4.78 is 21.9. The molecule has 0 saturated carbocycles. The Kier molecular flexibility index (Phi) is 4.32. The normalized spacial score (nSPS) is 31.1. The molecule has 0 radical (unpaired) electrons. The van der Waals surface area contributed by atoms with Gasteiger partial charge >= 0.3 is 0 Å². The molecular formula is C10H20N2O3S. The zero-order valence-corrected chi connectivity index (χ0v) is 10.8. The van der Waals surface area contributed by atoms with Crippen LogP contribution in [0, 0.1) is 0 Å². The summed E-state index contributed by atoms with van der Waals surface area (Å²) in [6, 6.07) is 0.677. The summed E-state index contributed by atoms with van der Waals surface area (Å²) in [6.07, 6.45) is 2.95. The van der Waals surface area contributed by atoms with Crippen molar-refractivity contribution in [1.29, 1.82) is 0 Å². The molecule has 1 rings (SSSR count). The van der Waals surface area contributed by atoms with E-state index in [0.717, 1.165) is 19.1 Å². The second kappa shape index (κ2) is 5.14. The smallest absolute Gasteiger partial charge is 0.235 e. The Labute approximate surface area is 96.9 Å². The van der Waals surface area contributed by atoms with Crippen LogP contribution < -0.4 is 10.6 Å². The molecule has 3 unspecified atom stereocenters. The minimum atomic E-state index is -3.23. The average molecular weight is 248 g/mol. The van der Waals surface area contributed by atoms with Gasteiger partial charge in [0.15, 0.2) is 9.84 Å². The quantitative estimate of drug-likeness (QED) is 0.717. The molecule has 1 aliphatic heterocycles. The van der Waals surface area contributed by atoms with Crippen molar-refractivity contribution in [3.8, 4) is 0 Å². The van der Waals surface area contributed by atoms with Crippen LogP contribution in [0.15, 0.2) is 0 Å². The Morgan fingerprint density at radius 1 is 1.38 bits per heavy atom. The summed E-state index contributed by atoms with van der Waals surface area (Å²) in [6.45, 7) is 4.10. The number of carbonyl (C=O) groups is 1. The molecule has 5 nitrogen and oxygen atoms in total. The first-order valence-electron chi connectivity index (χ1n) is 5.51. The highest BCUT2D eigenvalue weighted by atomic mass is 32.2. The first kappa shape index (κ1) is 13.4. The Morgan fingerprint density at radius 3 is 2.50 bits per heavy atom. The highest BCUT2D eigenvalue weighted by Gasteiger charge is 2.26. The van der Waals surface area contributed by atoms with Gasteiger partial charge in [-0.3, -0.25) is 4.79 Å². The Bertz CT molecular complexity index is 353.